The van der Waals surface area contributed by atoms with Gasteiger partial charge in [0.1, 0.15) is 15.5 Å². The molecule has 0 saturated carbocycles. The zero-order valence-corrected chi connectivity index (χ0v) is 14.2. The normalized spacial score (nSPS) is 23.9. The van der Waals surface area contributed by atoms with E-state index in [2.05, 4.69) is 10.3 Å². The van der Waals surface area contributed by atoms with E-state index in [4.69, 9.17) is 16.3 Å². The molecule has 1 aromatic carbocycles. The Balaban J connectivity index is 1.68. The fraction of sp³-hybridized carbons (Fsp3) is 0.375. The van der Waals surface area contributed by atoms with Gasteiger partial charge >= 0.3 is 0 Å². The number of carbonyl (C=O) groups excluding carboxylic acids is 1. The highest BCUT2D eigenvalue weighted by Gasteiger charge is 2.39. The number of hydrogen-bond donors (Lipinski definition) is 2. The number of thiazole rings is 1. The molecule has 0 spiro atoms. The summed E-state index contributed by atoms with van der Waals surface area (Å²) in [5.41, 5.74) is -0.207. The van der Waals surface area contributed by atoms with Crippen molar-refractivity contribution in [3.63, 3.8) is 0 Å². The molecule has 2 heterocycles. The molecule has 2 aromatic rings. The lowest BCUT2D eigenvalue weighted by molar-refractivity contribution is -0.0251. The smallest absolute Gasteiger partial charge is 0.263 e. The molecular formula is C16H17ClN2O3S. The van der Waals surface area contributed by atoms with Gasteiger partial charge in [-0.2, -0.15) is 0 Å². The van der Waals surface area contributed by atoms with Gasteiger partial charge in [0.05, 0.1) is 17.3 Å². The maximum absolute atomic E-state index is 12.3. The summed E-state index contributed by atoms with van der Waals surface area (Å²) in [6, 6.07) is 7.37. The van der Waals surface area contributed by atoms with Crippen molar-refractivity contribution in [1.82, 2.24) is 10.3 Å². The Bertz CT molecular complexity index is 721. The molecule has 1 aliphatic heterocycles. The molecule has 0 unspecified atom stereocenters. The molecule has 2 atom stereocenters. The summed E-state index contributed by atoms with van der Waals surface area (Å²) >= 11 is 7.42. The Morgan fingerprint density at radius 2 is 2.35 bits per heavy atom. The Labute approximate surface area is 143 Å². The van der Waals surface area contributed by atoms with E-state index in [-0.39, 0.29) is 18.6 Å². The number of amides is 1. The van der Waals surface area contributed by atoms with Gasteiger partial charge in [0.2, 0.25) is 0 Å². The van der Waals surface area contributed by atoms with E-state index in [0.717, 1.165) is 5.56 Å². The van der Waals surface area contributed by atoms with Crippen LogP contribution < -0.4 is 5.32 Å². The van der Waals surface area contributed by atoms with Gasteiger partial charge in [-0.15, -0.1) is 11.3 Å². The first-order valence-corrected chi connectivity index (χ1v) is 8.52. The van der Waals surface area contributed by atoms with Crippen LogP contribution >= 0.6 is 22.9 Å². The van der Waals surface area contributed by atoms with Crippen molar-refractivity contribution in [3.8, 4) is 10.6 Å². The number of aromatic nitrogens is 1. The number of benzene rings is 1. The third-order valence-corrected chi connectivity index (χ3v) is 5.41. The number of nitrogens with one attached hydrogen (secondary N) is 1. The number of hydrogen-bond acceptors (Lipinski definition) is 5. The van der Waals surface area contributed by atoms with Crippen LogP contribution in [0, 0.1) is 0 Å². The van der Waals surface area contributed by atoms with E-state index in [1.165, 1.54) is 17.5 Å². The first kappa shape index (κ1) is 16.4. The second-order valence-electron chi connectivity index (χ2n) is 5.56. The molecule has 7 heteroatoms. The molecule has 1 fully saturated rings. The van der Waals surface area contributed by atoms with Crippen molar-refractivity contribution in [2.75, 3.05) is 13.2 Å². The van der Waals surface area contributed by atoms with E-state index in [1.54, 1.807) is 13.0 Å². The van der Waals surface area contributed by atoms with Crippen LogP contribution in [0.2, 0.25) is 5.02 Å². The van der Waals surface area contributed by atoms with E-state index >= 15 is 0 Å². The van der Waals surface area contributed by atoms with Gasteiger partial charge in [0.15, 0.2) is 0 Å². The molecular weight excluding hydrogens is 336 g/mol. The number of ether oxygens (including phenoxy) is 1. The van der Waals surface area contributed by atoms with E-state index in [9.17, 15) is 9.90 Å². The summed E-state index contributed by atoms with van der Waals surface area (Å²) < 4.78 is 5.36. The average molecular weight is 353 g/mol. The van der Waals surface area contributed by atoms with E-state index in [0.29, 0.717) is 27.9 Å². The van der Waals surface area contributed by atoms with Crippen LogP contribution in [0.25, 0.3) is 10.6 Å². The fourth-order valence-corrected chi connectivity index (χ4v) is 3.61. The van der Waals surface area contributed by atoms with Crippen molar-refractivity contribution in [2.45, 2.75) is 25.0 Å². The summed E-state index contributed by atoms with van der Waals surface area (Å²) in [5, 5.41) is 14.5. The standard InChI is InChI=1S/C16H17ClN2O3S/c1-10-16(21,6-7-22-10)9-19-14(20)13-8-18-15(23-13)11-4-2-3-5-12(11)17/h2-5,8,10,21H,6-7,9H2,1H3,(H,19,20)/t10-,16+/m1/s1. The minimum absolute atomic E-state index is 0.159. The van der Waals surface area contributed by atoms with Crippen LogP contribution in [0.5, 0.6) is 0 Å². The minimum Gasteiger partial charge on any atom is -0.385 e. The monoisotopic (exact) mass is 352 g/mol. The van der Waals surface area contributed by atoms with Gasteiger partial charge in [-0.1, -0.05) is 29.8 Å². The number of aliphatic hydroxyl groups is 1. The summed E-state index contributed by atoms with van der Waals surface area (Å²) in [6.07, 6.45) is 1.75. The van der Waals surface area contributed by atoms with Gasteiger partial charge in [0, 0.05) is 25.1 Å². The fourth-order valence-electron chi connectivity index (χ4n) is 2.46. The van der Waals surface area contributed by atoms with Gasteiger partial charge in [-0.3, -0.25) is 4.79 Å². The molecule has 0 radical (unpaired) electrons. The predicted molar refractivity (Wildman–Crippen MR) is 89.9 cm³/mol. The van der Waals surface area contributed by atoms with E-state index in [1.807, 2.05) is 18.2 Å². The highest BCUT2D eigenvalue weighted by atomic mass is 35.5. The topological polar surface area (TPSA) is 71.5 Å². The van der Waals surface area contributed by atoms with Crippen LogP contribution in [0.4, 0.5) is 0 Å². The summed E-state index contributed by atoms with van der Waals surface area (Å²) in [5.74, 6) is -0.256. The lowest BCUT2D eigenvalue weighted by Crippen LogP contribution is -2.47. The van der Waals surface area contributed by atoms with Crippen LogP contribution in [-0.4, -0.2) is 40.9 Å². The highest BCUT2D eigenvalue weighted by molar-refractivity contribution is 7.17. The molecule has 0 aliphatic carbocycles. The van der Waals surface area contributed by atoms with Crippen LogP contribution in [0.3, 0.4) is 0 Å². The van der Waals surface area contributed by atoms with Gasteiger partial charge in [0.25, 0.3) is 5.91 Å². The molecule has 0 bridgehead atoms. The molecule has 2 N–H and O–H groups in total. The molecule has 1 amide bonds. The van der Waals surface area contributed by atoms with E-state index < -0.39 is 5.60 Å². The van der Waals surface area contributed by atoms with Crippen molar-refractivity contribution in [2.24, 2.45) is 0 Å². The maximum atomic E-state index is 12.3. The second-order valence-corrected chi connectivity index (χ2v) is 7.00. The first-order valence-electron chi connectivity index (χ1n) is 7.32. The predicted octanol–water partition coefficient (Wildman–Crippen LogP) is 2.73. The van der Waals surface area contributed by atoms with Gasteiger partial charge in [-0.05, 0) is 13.0 Å². The minimum atomic E-state index is -1.01. The largest absolute Gasteiger partial charge is 0.385 e. The molecule has 122 valence electrons. The van der Waals surface area contributed by atoms with Crippen LogP contribution in [-0.2, 0) is 4.74 Å². The quantitative estimate of drug-likeness (QED) is 0.887. The molecule has 23 heavy (non-hydrogen) atoms. The van der Waals surface area contributed by atoms with Crippen molar-refractivity contribution >= 4 is 28.8 Å². The second kappa shape index (κ2) is 6.57. The highest BCUT2D eigenvalue weighted by Crippen LogP contribution is 2.31. The summed E-state index contributed by atoms with van der Waals surface area (Å²) in [7, 11) is 0. The maximum Gasteiger partial charge on any atom is 0.263 e. The average Bonchev–Trinajstić information content (AvgIpc) is 3.14. The first-order chi connectivity index (χ1) is 11.0. The molecule has 1 saturated heterocycles. The summed E-state index contributed by atoms with van der Waals surface area (Å²) in [4.78, 5) is 17.0. The Morgan fingerprint density at radius 1 is 1.57 bits per heavy atom. The molecule has 5 nitrogen and oxygen atoms in total. The van der Waals surface area contributed by atoms with Crippen molar-refractivity contribution < 1.29 is 14.6 Å². The third-order valence-electron chi connectivity index (χ3n) is 4.05. The molecule has 3 rings (SSSR count). The lowest BCUT2D eigenvalue weighted by atomic mass is 9.97. The molecule has 1 aliphatic rings. The zero-order chi connectivity index (χ0) is 16.4. The van der Waals surface area contributed by atoms with Crippen LogP contribution in [0.1, 0.15) is 23.0 Å². The zero-order valence-electron chi connectivity index (χ0n) is 12.6. The number of rotatable bonds is 4. The van der Waals surface area contributed by atoms with Gasteiger partial charge in [-0.25, -0.2) is 4.98 Å². The molecule has 1 aromatic heterocycles. The Morgan fingerprint density at radius 3 is 3.04 bits per heavy atom. The van der Waals surface area contributed by atoms with Crippen molar-refractivity contribution in [3.05, 3.63) is 40.4 Å². The van der Waals surface area contributed by atoms with Crippen molar-refractivity contribution in [1.29, 1.82) is 0 Å². The number of carbonyl (C=O) groups is 1. The Hall–Kier alpha value is -1.47. The summed E-state index contributed by atoms with van der Waals surface area (Å²) in [6.45, 7) is 2.47. The lowest BCUT2D eigenvalue weighted by Gasteiger charge is -2.25. The number of halogens is 1. The Kier molecular flexibility index (Phi) is 4.68. The third kappa shape index (κ3) is 3.40. The SMILES string of the molecule is C[C@H]1OCC[C@]1(O)CNC(=O)c1cnc(-c2ccccc2Cl)s1. The van der Waals surface area contributed by atoms with Crippen LogP contribution in [0.15, 0.2) is 30.5 Å². The van der Waals surface area contributed by atoms with Gasteiger partial charge < -0.3 is 15.2 Å². The number of nitrogens with zero attached hydrogens (tertiary/aromatic N) is 1.